The van der Waals surface area contributed by atoms with Gasteiger partial charge in [0.05, 0.1) is 27.4 Å². The number of methoxy groups -OCH3 is 4. The summed E-state index contributed by atoms with van der Waals surface area (Å²) in [6.07, 6.45) is -1.27. The summed E-state index contributed by atoms with van der Waals surface area (Å²) in [5, 5.41) is 9.85. The predicted octanol–water partition coefficient (Wildman–Crippen LogP) is 1.75. The predicted molar refractivity (Wildman–Crippen MR) is 73.5 cm³/mol. The van der Waals surface area contributed by atoms with E-state index in [1.54, 1.807) is 19.1 Å². The lowest BCUT2D eigenvalue weighted by molar-refractivity contribution is -0.110. The van der Waals surface area contributed by atoms with E-state index in [2.05, 4.69) is 0 Å². The molecule has 0 aliphatic heterocycles. The van der Waals surface area contributed by atoms with Crippen LogP contribution in [0.2, 0.25) is 0 Å². The number of ether oxygens (including phenoxy) is 5. The second-order valence-electron chi connectivity index (χ2n) is 4.19. The van der Waals surface area contributed by atoms with E-state index in [0.717, 1.165) is 0 Å². The van der Waals surface area contributed by atoms with Gasteiger partial charge in [-0.15, -0.1) is 0 Å². The lowest BCUT2D eigenvalue weighted by Crippen LogP contribution is -2.19. The van der Waals surface area contributed by atoms with E-state index in [1.807, 2.05) is 0 Å². The van der Waals surface area contributed by atoms with Crippen LogP contribution in [0.3, 0.4) is 0 Å². The minimum absolute atomic E-state index is 0.0756. The Morgan fingerprint density at radius 2 is 1.55 bits per heavy atom. The van der Waals surface area contributed by atoms with Gasteiger partial charge in [0.15, 0.2) is 11.5 Å². The Bertz CT molecular complexity index is 393. The van der Waals surface area contributed by atoms with Crippen molar-refractivity contribution in [2.45, 2.75) is 19.1 Å². The van der Waals surface area contributed by atoms with Crippen LogP contribution in [0, 0.1) is 0 Å². The van der Waals surface area contributed by atoms with E-state index in [1.165, 1.54) is 28.4 Å². The molecule has 0 saturated heterocycles. The average molecular weight is 286 g/mol. The van der Waals surface area contributed by atoms with Crippen LogP contribution in [0.4, 0.5) is 0 Å². The molecule has 2 atom stereocenters. The first-order valence-electron chi connectivity index (χ1n) is 6.17. The van der Waals surface area contributed by atoms with Crippen LogP contribution in [-0.4, -0.2) is 46.4 Å². The summed E-state index contributed by atoms with van der Waals surface area (Å²) in [5.74, 6) is 1.51. The topological polar surface area (TPSA) is 66.4 Å². The van der Waals surface area contributed by atoms with Gasteiger partial charge >= 0.3 is 0 Å². The van der Waals surface area contributed by atoms with E-state index in [-0.39, 0.29) is 6.79 Å². The van der Waals surface area contributed by atoms with Crippen LogP contribution in [0.15, 0.2) is 12.1 Å². The molecule has 0 spiro atoms. The van der Waals surface area contributed by atoms with Gasteiger partial charge in [0.2, 0.25) is 5.75 Å². The third-order valence-corrected chi connectivity index (χ3v) is 2.82. The summed E-state index contributed by atoms with van der Waals surface area (Å²) < 4.78 is 26.2. The van der Waals surface area contributed by atoms with Crippen LogP contribution < -0.4 is 14.2 Å². The van der Waals surface area contributed by atoms with E-state index < -0.39 is 12.2 Å². The van der Waals surface area contributed by atoms with Crippen LogP contribution >= 0.6 is 0 Å². The lowest BCUT2D eigenvalue weighted by Gasteiger charge is -2.22. The second-order valence-corrected chi connectivity index (χ2v) is 4.19. The Kier molecular flexibility index (Phi) is 6.57. The highest BCUT2D eigenvalue weighted by Gasteiger charge is 2.22. The molecule has 0 fully saturated rings. The van der Waals surface area contributed by atoms with Crippen molar-refractivity contribution in [2.75, 3.05) is 35.2 Å². The maximum Gasteiger partial charge on any atom is 0.203 e. The van der Waals surface area contributed by atoms with Gasteiger partial charge in [-0.25, -0.2) is 0 Å². The molecule has 6 heteroatoms. The Morgan fingerprint density at radius 1 is 1.00 bits per heavy atom. The van der Waals surface area contributed by atoms with Crippen LogP contribution in [-0.2, 0) is 9.47 Å². The average Bonchev–Trinajstić information content (AvgIpc) is 2.45. The first-order valence-corrected chi connectivity index (χ1v) is 6.17. The summed E-state index contributed by atoms with van der Waals surface area (Å²) in [5.41, 5.74) is 0.714. The molecule has 114 valence electrons. The van der Waals surface area contributed by atoms with E-state index in [0.29, 0.717) is 22.8 Å². The fraction of sp³-hybridized carbons (Fsp3) is 0.571. The lowest BCUT2D eigenvalue weighted by atomic mass is 10.0. The number of aliphatic hydroxyl groups excluding tert-OH is 1. The number of hydrogen-bond acceptors (Lipinski definition) is 6. The summed E-state index contributed by atoms with van der Waals surface area (Å²) in [6, 6.07) is 3.49. The third-order valence-electron chi connectivity index (χ3n) is 2.82. The van der Waals surface area contributed by atoms with Gasteiger partial charge in [0, 0.05) is 7.11 Å². The van der Waals surface area contributed by atoms with Gasteiger partial charge in [-0.1, -0.05) is 0 Å². The summed E-state index contributed by atoms with van der Waals surface area (Å²) in [7, 11) is 6.13. The molecule has 20 heavy (non-hydrogen) atoms. The number of rotatable bonds is 8. The summed E-state index contributed by atoms with van der Waals surface area (Å²) in [4.78, 5) is 0. The molecule has 0 heterocycles. The van der Waals surface area contributed by atoms with Crippen molar-refractivity contribution in [3.63, 3.8) is 0 Å². The molecule has 1 N–H and O–H groups in total. The van der Waals surface area contributed by atoms with Crippen molar-refractivity contribution in [2.24, 2.45) is 0 Å². The quantitative estimate of drug-likeness (QED) is 0.734. The molecular weight excluding hydrogens is 264 g/mol. The molecular formula is C14H22O6. The van der Waals surface area contributed by atoms with E-state index in [4.69, 9.17) is 23.7 Å². The first-order chi connectivity index (χ1) is 9.58. The zero-order valence-corrected chi connectivity index (χ0v) is 12.5. The Balaban J connectivity index is 3.21. The molecule has 6 nitrogen and oxygen atoms in total. The molecule has 0 aliphatic rings. The van der Waals surface area contributed by atoms with Crippen LogP contribution in [0.5, 0.6) is 17.2 Å². The van der Waals surface area contributed by atoms with Crippen molar-refractivity contribution < 1.29 is 28.8 Å². The molecule has 1 rings (SSSR count). The summed E-state index contributed by atoms with van der Waals surface area (Å²) >= 11 is 0. The van der Waals surface area contributed by atoms with Gasteiger partial charge in [-0.3, -0.25) is 0 Å². The Morgan fingerprint density at radius 3 is 1.90 bits per heavy atom. The van der Waals surface area contributed by atoms with Crippen molar-refractivity contribution >= 4 is 0 Å². The molecule has 0 amide bonds. The van der Waals surface area contributed by atoms with Gasteiger partial charge in [0.25, 0.3) is 0 Å². The third kappa shape index (κ3) is 3.75. The molecule has 0 saturated carbocycles. The van der Waals surface area contributed by atoms with E-state index >= 15 is 0 Å². The molecule has 0 aliphatic carbocycles. The van der Waals surface area contributed by atoms with Gasteiger partial charge < -0.3 is 28.8 Å². The summed E-state index contributed by atoms with van der Waals surface area (Å²) in [6.45, 7) is 1.72. The maximum absolute atomic E-state index is 9.85. The molecule has 0 aromatic heterocycles. The molecule has 1 aromatic rings. The van der Waals surface area contributed by atoms with Gasteiger partial charge in [-0.2, -0.15) is 0 Å². The highest BCUT2D eigenvalue weighted by Crippen LogP contribution is 2.40. The molecule has 1 aromatic carbocycles. The number of hydrogen-bond donors (Lipinski definition) is 1. The zero-order chi connectivity index (χ0) is 15.1. The van der Waals surface area contributed by atoms with Crippen LogP contribution in [0.1, 0.15) is 18.6 Å². The fourth-order valence-corrected chi connectivity index (χ4v) is 1.92. The molecule has 0 unspecified atom stereocenters. The second kappa shape index (κ2) is 7.94. The minimum Gasteiger partial charge on any atom is -0.493 e. The zero-order valence-electron chi connectivity index (χ0n) is 12.5. The Labute approximate surface area is 119 Å². The molecule has 0 bridgehead atoms. The molecule has 0 radical (unpaired) electrons. The van der Waals surface area contributed by atoms with Crippen molar-refractivity contribution in [1.29, 1.82) is 0 Å². The fourth-order valence-electron chi connectivity index (χ4n) is 1.92. The number of benzene rings is 1. The first kappa shape index (κ1) is 16.6. The van der Waals surface area contributed by atoms with Crippen molar-refractivity contribution in [3.8, 4) is 17.2 Å². The maximum atomic E-state index is 9.85. The Hall–Kier alpha value is -1.50. The standard InChI is InChI=1S/C14H22O6/c1-9(15)13(20-8-16-2)10-6-11(17-3)14(19-5)12(7-10)18-4/h6-7,9,13,15H,8H2,1-5H3/t9-,13+/m1/s1. The van der Waals surface area contributed by atoms with Crippen molar-refractivity contribution in [1.82, 2.24) is 0 Å². The highest BCUT2D eigenvalue weighted by atomic mass is 16.7. The van der Waals surface area contributed by atoms with E-state index in [9.17, 15) is 5.11 Å². The largest absolute Gasteiger partial charge is 0.493 e. The minimum atomic E-state index is -0.715. The monoisotopic (exact) mass is 286 g/mol. The normalized spacial score (nSPS) is 13.7. The number of aliphatic hydroxyl groups is 1. The van der Waals surface area contributed by atoms with Crippen LogP contribution in [0.25, 0.3) is 0 Å². The highest BCUT2D eigenvalue weighted by molar-refractivity contribution is 5.54. The SMILES string of the molecule is COCO[C@H](c1cc(OC)c(OC)c(OC)c1)[C@@H](C)O. The van der Waals surface area contributed by atoms with Gasteiger partial charge in [-0.05, 0) is 24.6 Å². The smallest absolute Gasteiger partial charge is 0.203 e. The van der Waals surface area contributed by atoms with Gasteiger partial charge in [0.1, 0.15) is 12.9 Å². The van der Waals surface area contributed by atoms with Crippen molar-refractivity contribution in [3.05, 3.63) is 17.7 Å².